The molecule has 3 nitrogen and oxygen atoms in total. The van der Waals surface area contributed by atoms with Crippen LogP contribution in [0.3, 0.4) is 0 Å². The summed E-state index contributed by atoms with van der Waals surface area (Å²) in [7, 11) is 0. The SMILES string of the molecule is O=C(C1CSC(Cc2c(Cl)cccc2Cl)=N1)N(Cc1ccccc1)Cc1ccccc1. The smallest absolute Gasteiger partial charge is 0.248 e. The molecule has 0 saturated heterocycles. The minimum Gasteiger partial charge on any atom is -0.332 e. The lowest BCUT2D eigenvalue weighted by atomic mass is 10.1. The van der Waals surface area contributed by atoms with Crippen molar-refractivity contribution in [2.45, 2.75) is 25.6 Å². The molecule has 0 spiro atoms. The van der Waals surface area contributed by atoms with E-state index >= 15 is 0 Å². The molecule has 6 heteroatoms. The Morgan fingerprint density at radius 3 is 1.97 bits per heavy atom. The van der Waals surface area contributed by atoms with E-state index in [1.807, 2.05) is 83.8 Å². The summed E-state index contributed by atoms with van der Waals surface area (Å²) in [5, 5.41) is 2.15. The number of nitrogens with zero attached hydrogens (tertiary/aromatic N) is 2. The first kappa shape index (κ1) is 21.9. The molecular formula is C25H22Cl2N2OS. The fraction of sp³-hybridized carbons (Fsp3) is 0.200. The van der Waals surface area contributed by atoms with Gasteiger partial charge < -0.3 is 4.90 Å². The first-order chi connectivity index (χ1) is 15.1. The van der Waals surface area contributed by atoms with Crippen molar-refractivity contribution in [3.05, 3.63) is 106 Å². The van der Waals surface area contributed by atoms with Gasteiger partial charge in [0.05, 0.1) is 5.04 Å². The van der Waals surface area contributed by atoms with Crippen LogP contribution in [0.25, 0.3) is 0 Å². The molecular weight excluding hydrogens is 447 g/mol. The third-order valence-corrected chi connectivity index (χ3v) is 6.90. The zero-order chi connectivity index (χ0) is 21.6. The van der Waals surface area contributed by atoms with Crippen LogP contribution in [-0.4, -0.2) is 27.6 Å². The predicted molar refractivity (Wildman–Crippen MR) is 131 cm³/mol. The fourth-order valence-corrected chi connectivity index (χ4v) is 5.08. The summed E-state index contributed by atoms with van der Waals surface area (Å²) < 4.78 is 0. The number of halogens is 2. The number of amides is 1. The minimum atomic E-state index is -0.395. The van der Waals surface area contributed by atoms with E-state index in [1.54, 1.807) is 11.8 Å². The molecule has 0 N–H and O–H groups in total. The first-order valence-corrected chi connectivity index (χ1v) is 11.8. The van der Waals surface area contributed by atoms with E-state index in [0.29, 0.717) is 35.3 Å². The van der Waals surface area contributed by atoms with E-state index in [1.165, 1.54) is 0 Å². The molecule has 3 aromatic rings. The summed E-state index contributed by atoms with van der Waals surface area (Å²) in [5.74, 6) is 0.677. The number of carbonyl (C=O) groups is 1. The monoisotopic (exact) mass is 468 g/mol. The quantitative estimate of drug-likeness (QED) is 0.408. The van der Waals surface area contributed by atoms with Crippen LogP contribution in [0.15, 0.2) is 83.9 Å². The second kappa shape index (κ2) is 10.4. The molecule has 1 aliphatic heterocycles. The highest BCUT2D eigenvalue weighted by atomic mass is 35.5. The van der Waals surface area contributed by atoms with Crippen molar-refractivity contribution >= 4 is 45.9 Å². The van der Waals surface area contributed by atoms with Gasteiger partial charge >= 0.3 is 0 Å². The van der Waals surface area contributed by atoms with Crippen LogP contribution < -0.4 is 0 Å². The van der Waals surface area contributed by atoms with E-state index in [2.05, 4.69) is 0 Å². The first-order valence-electron chi connectivity index (χ1n) is 10.1. The maximum absolute atomic E-state index is 13.4. The summed E-state index contributed by atoms with van der Waals surface area (Å²) in [4.78, 5) is 20.1. The van der Waals surface area contributed by atoms with E-state index in [-0.39, 0.29) is 5.91 Å². The van der Waals surface area contributed by atoms with Gasteiger partial charge in [-0.2, -0.15) is 0 Å². The molecule has 0 fully saturated rings. The maximum Gasteiger partial charge on any atom is 0.248 e. The Bertz CT molecular complexity index is 1010. The maximum atomic E-state index is 13.4. The Morgan fingerprint density at radius 2 is 1.42 bits per heavy atom. The molecule has 1 heterocycles. The highest BCUT2D eigenvalue weighted by Crippen LogP contribution is 2.30. The molecule has 0 saturated carbocycles. The van der Waals surface area contributed by atoms with Crippen molar-refractivity contribution in [3.8, 4) is 0 Å². The van der Waals surface area contributed by atoms with Gasteiger partial charge in [-0.15, -0.1) is 11.8 Å². The van der Waals surface area contributed by atoms with Crippen molar-refractivity contribution in [2.24, 2.45) is 4.99 Å². The lowest BCUT2D eigenvalue weighted by molar-refractivity contribution is -0.133. The molecule has 0 radical (unpaired) electrons. The van der Waals surface area contributed by atoms with Gasteiger partial charge in [-0.05, 0) is 28.8 Å². The van der Waals surface area contributed by atoms with Gasteiger partial charge in [0.2, 0.25) is 5.91 Å². The summed E-state index contributed by atoms with van der Waals surface area (Å²) in [6.45, 7) is 1.11. The number of rotatable bonds is 7. The van der Waals surface area contributed by atoms with Gasteiger partial charge in [0.25, 0.3) is 0 Å². The van der Waals surface area contributed by atoms with Gasteiger partial charge in [-0.3, -0.25) is 9.79 Å². The number of aliphatic imine (C=N–C) groups is 1. The van der Waals surface area contributed by atoms with Gasteiger partial charge in [0.1, 0.15) is 6.04 Å². The third-order valence-electron chi connectivity index (χ3n) is 5.13. The number of carbonyl (C=O) groups excluding carboxylic acids is 1. The average molecular weight is 469 g/mol. The summed E-state index contributed by atoms with van der Waals surface area (Å²) >= 11 is 14.2. The molecule has 1 amide bonds. The van der Waals surface area contributed by atoms with Gasteiger partial charge in [0, 0.05) is 35.3 Å². The molecule has 4 rings (SSSR count). The van der Waals surface area contributed by atoms with Gasteiger partial charge in [0.15, 0.2) is 0 Å². The third kappa shape index (κ3) is 5.70. The molecule has 158 valence electrons. The van der Waals surface area contributed by atoms with Crippen LogP contribution in [-0.2, 0) is 24.3 Å². The second-order valence-electron chi connectivity index (χ2n) is 7.39. The van der Waals surface area contributed by atoms with Crippen LogP contribution in [0.5, 0.6) is 0 Å². The van der Waals surface area contributed by atoms with Crippen molar-refractivity contribution in [1.29, 1.82) is 0 Å². The highest BCUT2D eigenvalue weighted by Gasteiger charge is 2.29. The number of benzene rings is 3. The van der Waals surface area contributed by atoms with Crippen LogP contribution in [0.1, 0.15) is 16.7 Å². The second-order valence-corrected chi connectivity index (χ2v) is 9.30. The summed E-state index contributed by atoms with van der Waals surface area (Å²) in [6, 6.07) is 25.2. The Labute approximate surface area is 197 Å². The Balaban J connectivity index is 1.52. The summed E-state index contributed by atoms with van der Waals surface area (Å²) in [5.41, 5.74) is 3.06. The standard InChI is InChI=1S/C25H22Cl2N2OS/c26-21-12-7-13-22(27)20(21)14-24-28-23(17-31-24)25(30)29(15-18-8-3-1-4-9-18)16-19-10-5-2-6-11-19/h1-13,23H,14-17H2. The van der Waals surface area contributed by atoms with E-state index in [0.717, 1.165) is 21.7 Å². The summed E-state index contributed by atoms with van der Waals surface area (Å²) in [6.07, 6.45) is 0.546. The van der Waals surface area contributed by atoms with Crippen LogP contribution in [0.2, 0.25) is 10.0 Å². The largest absolute Gasteiger partial charge is 0.332 e. The predicted octanol–water partition coefficient (Wildman–Crippen LogP) is 6.28. The molecule has 3 aromatic carbocycles. The Kier molecular flexibility index (Phi) is 7.33. The van der Waals surface area contributed by atoms with Crippen LogP contribution >= 0.6 is 35.0 Å². The van der Waals surface area contributed by atoms with Crippen LogP contribution in [0, 0.1) is 0 Å². The number of hydrogen-bond acceptors (Lipinski definition) is 3. The zero-order valence-corrected chi connectivity index (χ0v) is 19.2. The molecule has 1 atom stereocenters. The lowest BCUT2D eigenvalue weighted by Crippen LogP contribution is -2.37. The topological polar surface area (TPSA) is 32.7 Å². The van der Waals surface area contributed by atoms with Crippen molar-refractivity contribution in [2.75, 3.05) is 5.75 Å². The molecule has 1 aliphatic rings. The van der Waals surface area contributed by atoms with Gasteiger partial charge in [-0.1, -0.05) is 89.9 Å². The van der Waals surface area contributed by atoms with Crippen molar-refractivity contribution in [1.82, 2.24) is 4.90 Å². The van der Waals surface area contributed by atoms with Crippen LogP contribution in [0.4, 0.5) is 0 Å². The van der Waals surface area contributed by atoms with Gasteiger partial charge in [-0.25, -0.2) is 0 Å². The molecule has 1 unspecified atom stereocenters. The average Bonchev–Trinajstić information content (AvgIpc) is 3.26. The Morgan fingerprint density at radius 1 is 0.871 bits per heavy atom. The molecule has 0 bridgehead atoms. The zero-order valence-electron chi connectivity index (χ0n) is 16.9. The molecule has 0 aromatic heterocycles. The minimum absolute atomic E-state index is 0.0421. The normalized spacial score (nSPS) is 15.5. The number of hydrogen-bond donors (Lipinski definition) is 0. The lowest BCUT2D eigenvalue weighted by Gasteiger charge is -2.25. The van der Waals surface area contributed by atoms with E-state index in [4.69, 9.17) is 28.2 Å². The highest BCUT2D eigenvalue weighted by molar-refractivity contribution is 8.14. The fourth-order valence-electron chi connectivity index (χ4n) is 3.53. The van der Waals surface area contributed by atoms with E-state index in [9.17, 15) is 4.79 Å². The van der Waals surface area contributed by atoms with Crippen molar-refractivity contribution in [3.63, 3.8) is 0 Å². The molecule has 31 heavy (non-hydrogen) atoms. The van der Waals surface area contributed by atoms with E-state index < -0.39 is 6.04 Å². The van der Waals surface area contributed by atoms with Crippen molar-refractivity contribution < 1.29 is 4.79 Å². The molecule has 0 aliphatic carbocycles. The Hall–Kier alpha value is -2.27. The number of thioether (sulfide) groups is 1.